The van der Waals surface area contributed by atoms with Crippen molar-refractivity contribution in [2.24, 2.45) is 0 Å². The van der Waals surface area contributed by atoms with Crippen LogP contribution in [0.4, 0.5) is 4.79 Å². The number of urea groups is 1. The van der Waals surface area contributed by atoms with Crippen molar-refractivity contribution in [3.63, 3.8) is 0 Å². The van der Waals surface area contributed by atoms with E-state index in [2.05, 4.69) is 5.32 Å². The zero-order valence-electron chi connectivity index (χ0n) is 14.6. The van der Waals surface area contributed by atoms with E-state index in [0.717, 1.165) is 6.42 Å². The van der Waals surface area contributed by atoms with Gasteiger partial charge in [-0.25, -0.2) is 13.2 Å². The quantitative estimate of drug-likeness (QED) is 0.682. The van der Waals surface area contributed by atoms with Crippen LogP contribution in [0.5, 0.6) is 0 Å². The molecule has 1 fully saturated rings. The molecule has 0 aliphatic carbocycles. The minimum atomic E-state index is -3.75. The van der Waals surface area contributed by atoms with Crippen molar-refractivity contribution in [2.45, 2.75) is 18.2 Å². The maximum atomic E-state index is 12.8. The number of rotatable bonds is 7. The first-order valence-electron chi connectivity index (χ1n) is 8.42. The van der Waals surface area contributed by atoms with Gasteiger partial charge in [0.2, 0.25) is 10.0 Å². The molecule has 7 nitrogen and oxygen atoms in total. The molecule has 0 bridgehead atoms. The number of piperazine rings is 1. The lowest BCUT2D eigenvalue weighted by molar-refractivity contribution is 0.142. The standard InChI is InChI=1S/C16H23Cl2N3O4S/c1-2-25-12-4-7-19-16(22)20-8-10-21(11-9-20)26(23,24)14-6-3-5-13(17)15(14)18/h3,5-6H,2,4,7-12H2,1H3,(H,19,22). The first-order chi connectivity index (χ1) is 12.4. The monoisotopic (exact) mass is 423 g/mol. The van der Waals surface area contributed by atoms with Crippen molar-refractivity contribution in [1.29, 1.82) is 0 Å². The van der Waals surface area contributed by atoms with Crippen LogP contribution in [-0.4, -0.2) is 69.6 Å². The number of carbonyl (C=O) groups excluding carboxylic acids is 1. The van der Waals surface area contributed by atoms with Gasteiger partial charge >= 0.3 is 6.03 Å². The largest absolute Gasteiger partial charge is 0.382 e. The summed E-state index contributed by atoms with van der Waals surface area (Å²) < 4.78 is 32.1. The molecule has 26 heavy (non-hydrogen) atoms. The highest BCUT2D eigenvalue weighted by Crippen LogP contribution is 2.31. The lowest BCUT2D eigenvalue weighted by atomic mass is 10.4. The molecule has 1 aromatic carbocycles. The number of hydrogen-bond acceptors (Lipinski definition) is 4. The van der Waals surface area contributed by atoms with Gasteiger partial charge < -0.3 is 15.0 Å². The van der Waals surface area contributed by atoms with Crippen LogP contribution >= 0.6 is 23.2 Å². The summed E-state index contributed by atoms with van der Waals surface area (Å²) in [5, 5.41) is 3.02. The smallest absolute Gasteiger partial charge is 0.317 e. The van der Waals surface area contributed by atoms with Crippen molar-refractivity contribution >= 4 is 39.3 Å². The summed E-state index contributed by atoms with van der Waals surface area (Å²) in [6.45, 7) is 4.74. The van der Waals surface area contributed by atoms with E-state index in [9.17, 15) is 13.2 Å². The molecule has 0 spiro atoms. The predicted molar refractivity (Wildman–Crippen MR) is 101 cm³/mol. The van der Waals surface area contributed by atoms with Gasteiger partial charge in [-0.15, -0.1) is 0 Å². The molecule has 0 saturated carbocycles. The summed E-state index contributed by atoms with van der Waals surface area (Å²) in [5.74, 6) is 0. The Bertz CT molecular complexity index is 722. The van der Waals surface area contributed by atoms with Crippen LogP contribution in [-0.2, 0) is 14.8 Å². The van der Waals surface area contributed by atoms with Crippen molar-refractivity contribution in [3.8, 4) is 0 Å². The number of carbonyl (C=O) groups is 1. The molecule has 2 rings (SSSR count). The summed E-state index contributed by atoms with van der Waals surface area (Å²) >= 11 is 12.0. The van der Waals surface area contributed by atoms with Crippen LogP contribution < -0.4 is 5.32 Å². The summed E-state index contributed by atoms with van der Waals surface area (Å²) in [6, 6.07) is 4.32. The maximum absolute atomic E-state index is 12.8. The number of sulfonamides is 1. The average molecular weight is 424 g/mol. The lowest BCUT2D eigenvalue weighted by Gasteiger charge is -2.34. The maximum Gasteiger partial charge on any atom is 0.317 e. The van der Waals surface area contributed by atoms with Gasteiger partial charge in [0.25, 0.3) is 0 Å². The molecule has 1 aliphatic heterocycles. The third-order valence-electron chi connectivity index (χ3n) is 4.01. The predicted octanol–water partition coefficient (Wildman–Crippen LogP) is 2.44. The van der Waals surface area contributed by atoms with E-state index in [1.54, 1.807) is 11.0 Å². The van der Waals surface area contributed by atoms with Crippen LogP contribution in [0.2, 0.25) is 10.0 Å². The molecule has 0 aromatic heterocycles. The van der Waals surface area contributed by atoms with Gasteiger partial charge in [-0.3, -0.25) is 0 Å². The fourth-order valence-corrected chi connectivity index (χ4v) is 4.74. The number of halogens is 2. The Balaban J connectivity index is 1.89. The number of ether oxygens (including phenoxy) is 1. The van der Waals surface area contributed by atoms with E-state index in [-0.39, 0.29) is 34.1 Å². The molecule has 1 N–H and O–H groups in total. The Morgan fingerprint density at radius 3 is 2.58 bits per heavy atom. The summed E-state index contributed by atoms with van der Waals surface area (Å²) in [7, 11) is -3.75. The summed E-state index contributed by atoms with van der Waals surface area (Å²) in [4.78, 5) is 13.7. The number of hydrogen-bond donors (Lipinski definition) is 1. The second-order valence-electron chi connectivity index (χ2n) is 5.73. The average Bonchev–Trinajstić information content (AvgIpc) is 2.63. The van der Waals surface area contributed by atoms with E-state index in [1.165, 1.54) is 16.4 Å². The first-order valence-corrected chi connectivity index (χ1v) is 10.6. The normalized spacial score (nSPS) is 15.9. The molecule has 2 amide bonds. The molecular weight excluding hydrogens is 401 g/mol. The van der Waals surface area contributed by atoms with Crippen LogP contribution in [0.25, 0.3) is 0 Å². The SMILES string of the molecule is CCOCCCNC(=O)N1CCN(S(=O)(=O)c2cccc(Cl)c2Cl)CC1. The summed E-state index contributed by atoms with van der Waals surface area (Å²) in [5.41, 5.74) is 0. The number of benzene rings is 1. The molecule has 1 saturated heterocycles. The van der Waals surface area contributed by atoms with Gasteiger partial charge in [-0.05, 0) is 25.5 Å². The van der Waals surface area contributed by atoms with Crippen LogP contribution in [0.15, 0.2) is 23.1 Å². The first kappa shape index (κ1) is 21.2. The minimum Gasteiger partial charge on any atom is -0.382 e. The second-order valence-corrected chi connectivity index (χ2v) is 8.42. The molecule has 0 atom stereocenters. The highest BCUT2D eigenvalue weighted by atomic mass is 35.5. The molecule has 1 aromatic rings. The Morgan fingerprint density at radius 1 is 1.23 bits per heavy atom. The van der Waals surface area contributed by atoms with Gasteiger partial charge in [0.15, 0.2) is 0 Å². The van der Waals surface area contributed by atoms with E-state index < -0.39 is 10.0 Å². The Kier molecular flexibility index (Phi) is 7.97. The van der Waals surface area contributed by atoms with E-state index >= 15 is 0 Å². The van der Waals surface area contributed by atoms with Gasteiger partial charge in [0, 0.05) is 45.9 Å². The van der Waals surface area contributed by atoms with E-state index in [4.69, 9.17) is 27.9 Å². The van der Waals surface area contributed by atoms with Crippen LogP contribution in [0.1, 0.15) is 13.3 Å². The molecule has 0 unspecified atom stereocenters. The van der Waals surface area contributed by atoms with Gasteiger partial charge in [-0.1, -0.05) is 29.3 Å². The summed E-state index contributed by atoms with van der Waals surface area (Å²) in [6.07, 6.45) is 0.737. The highest BCUT2D eigenvalue weighted by molar-refractivity contribution is 7.89. The van der Waals surface area contributed by atoms with Crippen molar-refractivity contribution < 1.29 is 17.9 Å². The van der Waals surface area contributed by atoms with Gasteiger partial charge in [0.05, 0.1) is 10.0 Å². The third-order valence-corrected chi connectivity index (χ3v) is 6.88. The molecule has 0 radical (unpaired) electrons. The fourth-order valence-electron chi connectivity index (χ4n) is 2.58. The Hall–Kier alpha value is -1.06. The topological polar surface area (TPSA) is 79.0 Å². The molecule has 10 heteroatoms. The number of nitrogens with zero attached hydrogens (tertiary/aromatic N) is 2. The minimum absolute atomic E-state index is 0.0134. The Labute approximate surface area is 164 Å². The van der Waals surface area contributed by atoms with Gasteiger partial charge in [0.1, 0.15) is 4.90 Å². The van der Waals surface area contributed by atoms with Crippen molar-refractivity contribution in [3.05, 3.63) is 28.2 Å². The number of nitrogens with one attached hydrogen (secondary N) is 1. The number of amides is 2. The van der Waals surface area contributed by atoms with Crippen LogP contribution in [0, 0.1) is 0 Å². The third kappa shape index (κ3) is 5.23. The highest BCUT2D eigenvalue weighted by Gasteiger charge is 2.31. The van der Waals surface area contributed by atoms with Crippen molar-refractivity contribution in [2.75, 3.05) is 45.9 Å². The van der Waals surface area contributed by atoms with E-state index in [1.807, 2.05) is 6.92 Å². The zero-order valence-corrected chi connectivity index (χ0v) is 16.9. The van der Waals surface area contributed by atoms with Crippen LogP contribution in [0.3, 0.4) is 0 Å². The van der Waals surface area contributed by atoms with E-state index in [0.29, 0.717) is 32.8 Å². The molecule has 1 heterocycles. The zero-order chi connectivity index (χ0) is 19.2. The fraction of sp³-hybridized carbons (Fsp3) is 0.562. The Morgan fingerprint density at radius 2 is 1.92 bits per heavy atom. The van der Waals surface area contributed by atoms with Crippen molar-refractivity contribution in [1.82, 2.24) is 14.5 Å². The second kappa shape index (κ2) is 9.75. The lowest BCUT2D eigenvalue weighted by Crippen LogP contribution is -2.53. The van der Waals surface area contributed by atoms with Gasteiger partial charge in [-0.2, -0.15) is 4.31 Å². The molecule has 1 aliphatic rings. The molecular formula is C16H23Cl2N3O4S. The molecule has 146 valence electrons.